The first-order chi connectivity index (χ1) is 10.00. The lowest BCUT2D eigenvalue weighted by Crippen LogP contribution is -2.39. The number of nitrogens with zero attached hydrogens (tertiary/aromatic N) is 1. The summed E-state index contributed by atoms with van der Waals surface area (Å²) in [5.74, 6) is -0.245. The van der Waals surface area contributed by atoms with Gasteiger partial charge in [0.05, 0.1) is 18.1 Å². The summed E-state index contributed by atoms with van der Waals surface area (Å²) in [6, 6.07) is 7.45. The summed E-state index contributed by atoms with van der Waals surface area (Å²) in [6.07, 6.45) is 0.826. The van der Waals surface area contributed by atoms with Crippen LogP contribution in [0.5, 0.6) is 0 Å². The van der Waals surface area contributed by atoms with Gasteiger partial charge in [-0.25, -0.2) is 4.79 Å². The molecule has 1 N–H and O–H groups in total. The van der Waals surface area contributed by atoms with Crippen molar-refractivity contribution in [1.82, 2.24) is 10.2 Å². The number of esters is 1. The van der Waals surface area contributed by atoms with Crippen LogP contribution in [0.4, 0.5) is 0 Å². The van der Waals surface area contributed by atoms with Crippen molar-refractivity contribution >= 4 is 11.9 Å². The third kappa shape index (κ3) is 3.24. The van der Waals surface area contributed by atoms with Crippen molar-refractivity contribution in [3.8, 4) is 0 Å². The molecule has 5 nitrogen and oxygen atoms in total. The predicted molar refractivity (Wildman–Crippen MR) is 79.8 cm³/mol. The van der Waals surface area contributed by atoms with Crippen molar-refractivity contribution in [3.63, 3.8) is 0 Å². The summed E-state index contributed by atoms with van der Waals surface area (Å²) in [5, 5.41) is 2.73. The van der Waals surface area contributed by atoms with Crippen LogP contribution in [-0.2, 0) is 16.1 Å². The fourth-order valence-corrected chi connectivity index (χ4v) is 2.89. The average molecular weight is 290 g/mol. The highest BCUT2D eigenvalue weighted by Gasteiger charge is 2.39. The first-order valence-electron chi connectivity index (χ1n) is 7.11. The molecule has 0 spiro atoms. The fraction of sp³-hybridized carbons (Fsp3) is 0.500. The molecular weight excluding hydrogens is 268 g/mol. The van der Waals surface area contributed by atoms with Crippen LogP contribution in [0, 0.1) is 5.41 Å². The summed E-state index contributed by atoms with van der Waals surface area (Å²) < 4.78 is 4.82. The average Bonchev–Trinajstić information content (AvgIpc) is 2.88. The van der Waals surface area contributed by atoms with Crippen molar-refractivity contribution in [3.05, 3.63) is 35.4 Å². The highest BCUT2D eigenvalue weighted by Crippen LogP contribution is 2.31. The standard InChI is InChI=1S/C16H22N2O3/c1-16(15(20)17-2)8-9-18(11-16)10-12-6-4-5-7-13(12)14(19)21-3/h4-7H,8-11H2,1-3H3,(H,17,20). The molecule has 1 amide bonds. The Balaban J connectivity index is 2.11. The van der Waals surface area contributed by atoms with Crippen molar-refractivity contribution < 1.29 is 14.3 Å². The predicted octanol–water partition coefficient (Wildman–Crippen LogP) is 1.43. The minimum absolute atomic E-state index is 0.0752. The van der Waals surface area contributed by atoms with Crippen LogP contribution in [0.25, 0.3) is 0 Å². The molecule has 1 unspecified atom stereocenters. The Bertz CT molecular complexity index is 544. The SMILES string of the molecule is CNC(=O)C1(C)CCN(Cc2ccccc2C(=O)OC)C1. The second kappa shape index (κ2) is 6.26. The molecule has 0 bridgehead atoms. The van der Waals surface area contributed by atoms with Crippen LogP contribution in [0.15, 0.2) is 24.3 Å². The van der Waals surface area contributed by atoms with E-state index in [9.17, 15) is 9.59 Å². The van der Waals surface area contributed by atoms with E-state index in [2.05, 4.69) is 10.2 Å². The van der Waals surface area contributed by atoms with Gasteiger partial charge in [0.25, 0.3) is 0 Å². The minimum Gasteiger partial charge on any atom is -0.465 e. The molecule has 1 aromatic carbocycles. The Hall–Kier alpha value is -1.88. The van der Waals surface area contributed by atoms with Crippen molar-refractivity contribution in [2.45, 2.75) is 19.9 Å². The Morgan fingerprint density at radius 2 is 2.10 bits per heavy atom. The molecule has 0 aliphatic carbocycles. The van der Waals surface area contributed by atoms with Crippen molar-refractivity contribution in [1.29, 1.82) is 0 Å². The zero-order chi connectivity index (χ0) is 15.5. The maximum Gasteiger partial charge on any atom is 0.338 e. The number of ether oxygens (including phenoxy) is 1. The zero-order valence-corrected chi connectivity index (χ0v) is 12.8. The number of carbonyl (C=O) groups is 2. The topological polar surface area (TPSA) is 58.6 Å². The van der Waals surface area contributed by atoms with E-state index in [1.54, 1.807) is 13.1 Å². The van der Waals surface area contributed by atoms with E-state index in [1.165, 1.54) is 7.11 Å². The summed E-state index contributed by atoms with van der Waals surface area (Å²) >= 11 is 0. The van der Waals surface area contributed by atoms with Gasteiger partial charge >= 0.3 is 5.97 Å². The molecule has 1 atom stereocenters. The molecule has 1 heterocycles. The molecule has 0 radical (unpaired) electrons. The number of carbonyl (C=O) groups excluding carboxylic acids is 2. The summed E-state index contributed by atoms with van der Waals surface area (Å²) in [6.45, 7) is 4.18. The number of hydrogen-bond donors (Lipinski definition) is 1. The van der Waals surface area contributed by atoms with Crippen molar-refractivity contribution in [2.75, 3.05) is 27.2 Å². The van der Waals surface area contributed by atoms with E-state index in [4.69, 9.17) is 4.74 Å². The van der Waals surface area contributed by atoms with Crippen LogP contribution in [0.3, 0.4) is 0 Å². The number of benzene rings is 1. The third-order valence-electron chi connectivity index (χ3n) is 4.14. The molecule has 0 aromatic heterocycles. The van der Waals surface area contributed by atoms with E-state index in [1.807, 2.05) is 25.1 Å². The van der Waals surface area contributed by atoms with Crippen LogP contribution in [0.1, 0.15) is 29.3 Å². The van der Waals surface area contributed by atoms with Gasteiger partial charge in [-0.15, -0.1) is 0 Å². The monoisotopic (exact) mass is 290 g/mol. The fourth-order valence-electron chi connectivity index (χ4n) is 2.89. The van der Waals surface area contributed by atoms with Gasteiger partial charge in [-0.05, 0) is 31.5 Å². The zero-order valence-electron chi connectivity index (χ0n) is 12.8. The Kier molecular flexibility index (Phi) is 4.63. The Morgan fingerprint density at radius 1 is 1.38 bits per heavy atom. The van der Waals surface area contributed by atoms with E-state index < -0.39 is 0 Å². The smallest absolute Gasteiger partial charge is 0.338 e. The van der Waals surface area contributed by atoms with E-state index in [0.717, 1.165) is 18.5 Å². The second-order valence-corrected chi connectivity index (χ2v) is 5.75. The van der Waals surface area contributed by atoms with Gasteiger partial charge in [-0.2, -0.15) is 0 Å². The lowest BCUT2D eigenvalue weighted by molar-refractivity contribution is -0.129. The largest absolute Gasteiger partial charge is 0.465 e. The lowest BCUT2D eigenvalue weighted by Gasteiger charge is -2.23. The van der Waals surface area contributed by atoms with Gasteiger partial charge in [0.1, 0.15) is 0 Å². The molecular formula is C16H22N2O3. The molecule has 5 heteroatoms. The molecule has 1 saturated heterocycles. The molecule has 1 aromatic rings. The summed E-state index contributed by atoms with van der Waals surface area (Å²) in [5.41, 5.74) is 1.17. The van der Waals surface area contributed by atoms with Crippen LogP contribution < -0.4 is 5.32 Å². The number of likely N-dealkylation sites (tertiary alicyclic amines) is 1. The number of hydrogen-bond acceptors (Lipinski definition) is 4. The van der Waals surface area contributed by atoms with Gasteiger partial charge < -0.3 is 10.1 Å². The minimum atomic E-state index is -0.352. The lowest BCUT2D eigenvalue weighted by atomic mass is 9.89. The van der Waals surface area contributed by atoms with Gasteiger partial charge in [0.15, 0.2) is 0 Å². The molecule has 1 fully saturated rings. The van der Waals surface area contributed by atoms with Gasteiger partial charge in [-0.3, -0.25) is 9.69 Å². The third-order valence-corrected chi connectivity index (χ3v) is 4.14. The first kappa shape index (κ1) is 15.5. The number of amides is 1. The molecule has 21 heavy (non-hydrogen) atoms. The van der Waals surface area contributed by atoms with Crippen LogP contribution in [0.2, 0.25) is 0 Å². The molecule has 2 rings (SSSR count). The van der Waals surface area contributed by atoms with E-state index in [-0.39, 0.29) is 17.3 Å². The number of rotatable bonds is 4. The normalized spacial score (nSPS) is 22.0. The van der Waals surface area contributed by atoms with Crippen LogP contribution in [-0.4, -0.2) is 44.0 Å². The van der Waals surface area contributed by atoms with Gasteiger partial charge in [0, 0.05) is 20.1 Å². The Labute approximate surface area is 125 Å². The van der Waals surface area contributed by atoms with Crippen LogP contribution >= 0.6 is 0 Å². The highest BCUT2D eigenvalue weighted by molar-refractivity contribution is 5.91. The summed E-state index contributed by atoms with van der Waals surface area (Å²) in [4.78, 5) is 25.9. The van der Waals surface area contributed by atoms with Crippen molar-refractivity contribution in [2.24, 2.45) is 5.41 Å². The molecule has 1 aliphatic rings. The van der Waals surface area contributed by atoms with Gasteiger partial charge in [-0.1, -0.05) is 18.2 Å². The maximum absolute atomic E-state index is 11.9. The highest BCUT2D eigenvalue weighted by atomic mass is 16.5. The molecule has 114 valence electrons. The van der Waals surface area contributed by atoms with E-state index >= 15 is 0 Å². The number of nitrogens with one attached hydrogen (secondary N) is 1. The quantitative estimate of drug-likeness (QED) is 0.852. The second-order valence-electron chi connectivity index (χ2n) is 5.75. The van der Waals surface area contributed by atoms with Gasteiger partial charge in [0.2, 0.25) is 5.91 Å². The van der Waals surface area contributed by atoms with E-state index in [0.29, 0.717) is 18.7 Å². The molecule has 0 saturated carbocycles. The number of methoxy groups -OCH3 is 1. The maximum atomic E-state index is 11.9. The first-order valence-corrected chi connectivity index (χ1v) is 7.11. The summed E-state index contributed by atoms with van der Waals surface area (Å²) in [7, 11) is 3.06. The molecule has 1 aliphatic heterocycles. The Morgan fingerprint density at radius 3 is 2.76 bits per heavy atom.